The molecule has 0 fully saturated rings. The van der Waals surface area contributed by atoms with Crippen molar-refractivity contribution in [2.45, 2.75) is 20.8 Å². The van der Waals surface area contributed by atoms with Crippen LogP contribution in [0.25, 0.3) is 93.2 Å². The second kappa shape index (κ2) is 13.3. The van der Waals surface area contributed by atoms with Crippen molar-refractivity contribution in [2.75, 3.05) is 0 Å². The third-order valence-corrected chi connectivity index (χ3v) is 11.3. The maximum Gasteiger partial charge on any atom is 0.234 e. The van der Waals surface area contributed by atoms with E-state index in [4.69, 9.17) is 6.57 Å². The molecule has 0 radical (unpaired) electrons. The van der Waals surface area contributed by atoms with Gasteiger partial charge in [-0.15, -0.1) is 0 Å². The molecule has 10 rings (SSSR count). The number of nitriles is 1. The Bertz CT molecular complexity index is 3330. The van der Waals surface area contributed by atoms with E-state index in [1.807, 2.05) is 19.1 Å². The molecule has 2 heterocycles. The molecule has 0 N–H and O–H groups in total. The second-order valence-corrected chi connectivity index (χ2v) is 15.0. The molecular weight excluding hydrogens is 693 g/mol. The van der Waals surface area contributed by atoms with Gasteiger partial charge in [-0.2, -0.15) is 5.26 Å². The SMILES string of the molecule is [C-]#[N+]c1c(-n2c3ccccc3c3ccc(-c4ccc(C)cc4)cc32)ccc(-c2cc(C)cc(C#N)c2)c1-n1c2ccccc2c2ccc(-c3ccc(C)cc3)cc21. The Kier molecular flexibility index (Phi) is 7.89. The summed E-state index contributed by atoms with van der Waals surface area (Å²) in [6.45, 7) is 15.3. The zero-order valence-electron chi connectivity index (χ0n) is 31.9. The van der Waals surface area contributed by atoms with Crippen LogP contribution in [-0.2, 0) is 0 Å². The van der Waals surface area contributed by atoms with Crippen LogP contribution in [0.4, 0.5) is 5.69 Å². The first-order chi connectivity index (χ1) is 27.9. The number of hydrogen-bond acceptors (Lipinski definition) is 1. The van der Waals surface area contributed by atoms with E-state index >= 15 is 0 Å². The lowest BCUT2D eigenvalue weighted by atomic mass is 9.97. The van der Waals surface area contributed by atoms with Crippen LogP contribution in [0.5, 0.6) is 0 Å². The number of aromatic nitrogens is 2. The minimum Gasteiger partial charge on any atom is -0.319 e. The fourth-order valence-corrected chi connectivity index (χ4v) is 8.61. The highest BCUT2D eigenvalue weighted by molar-refractivity contribution is 6.13. The summed E-state index contributed by atoms with van der Waals surface area (Å²) in [4.78, 5) is 4.48. The van der Waals surface area contributed by atoms with E-state index in [2.05, 4.69) is 186 Å². The normalized spacial score (nSPS) is 11.4. The van der Waals surface area contributed by atoms with Crippen LogP contribution in [0.3, 0.4) is 0 Å². The van der Waals surface area contributed by atoms with Gasteiger partial charge in [0.15, 0.2) is 0 Å². The van der Waals surface area contributed by atoms with E-state index in [-0.39, 0.29) is 0 Å². The summed E-state index contributed by atoms with van der Waals surface area (Å²) in [6.07, 6.45) is 0. The largest absolute Gasteiger partial charge is 0.319 e. The van der Waals surface area contributed by atoms with Gasteiger partial charge in [0.25, 0.3) is 0 Å². The molecule has 4 nitrogen and oxygen atoms in total. The summed E-state index contributed by atoms with van der Waals surface area (Å²) >= 11 is 0. The van der Waals surface area contributed by atoms with Gasteiger partial charge in [-0.1, -0.05) is 132 Å². The van der Waals surface area contributed by atoms with Gasteiger partial charge in [0.1, 0.15) is 0 Å². The predicted molar refractivity (Wildman–Crippen MR) is 237 cm³/mol. The van der Waals surface area contributed by atoms with Crippen LogP contribution in [0.1, 0.15) is 22.3 Å². The summed E-state index contributed by atoms with van der Waals surface area (Å²) in [5.74, 6) is 0. The van der Waals surface area contributed by atoms with Crippen LogP contribution < -0.4 is 0 Å². The Balaban J connectivity index is 1.35. The van der Waals surface area contributed by atoms with E-state index in [0.29, 0.717) is 11.3 Å². The first-order valence-corrected chi connectivity index (χ1v) is 19.2. The van der Waals surface area contributed by atoms with Gasteiger partial charge < -0.3 is 9.13 Å². The lowest BCUT2D eigenvalue weighted by Crippen LogP contribution is -2.03. The molecule has 0 atom stereocenters. The molecule has 268 valence electrons. The Hall–Kier alpha value is -7.66. The lowest BCUT2D eigenvalue weighted by molar-refractivity contribution is 1.14. The Morgan fingerprint density at radius 1 is 0.456 bits per heavy atom. The minimum absolute atomic E-state index is 0.527. The summed E-state index contributed by atoms with van der Waals surface area (Å²) < 4.78 is 4.56. The van der Waals surface area contributed by atoms with Gasteiger partial charge in [0.05, 0.1) is 51.6 Å². The molecule has 0 bridgehead atoms. The summed E-state index contributed by atoms with van der Waals surface area (Å²) in [7, 11) is 0. The number of aryl methyl sites for hydroxylation is 3. The third-order valence-electron chi connectivity index (χ3n) is 11.3. The fraction of sp³-hybridized carbons (Fsp3) is 0.0566. The van der Waals surface area contributed by atoms with E-state index in [1.165, 1.54) is 11.1 Å². The molecule has 10 aromatic rings. The average molecular weight is 729 g/mol. The molecule has 2 aromatic heterocycles. The molecule has 8 aromatic carbocycles. The van der Waals surface area contributed by atoms with Gasteiger partial charge >= 0.3 is 0 Å². The van der Waals surface area contributed by atoms with Gasteiger partial charge in [-0.25, -0.2) is 4.85 Å². The Labute approximate surface area is 331 Å². The second-order valence-electron chi connectivity index (χ2n) is 15.0. The topological polar surface area (TPSA) is 38.0 Å². The van der Waals surface area contributed by atoms with Gasteiger partial charge in [0, 0.05) is 21.5 Å². The summed E-state index contributed by atoms with van der Waals surface area (Å²) in [6, 6.07) is 60.1. The number of rotatable bonds is 5. The van der Waals surface area contributed by atoms with Gasteiger partial charge in [-0.05, 0) is 102 Å². The highest BCUT2D eigenvalue weighted by Crippen LogP contribution is 2.46. The van der Waals surface area contributed by atoms with Crippen LogP contribution in [-0.4, -0.2) is 9.13 Å². The highest BCUT2D eigenvalue weighted by atomic mass is 15.1. The van der Waals surface area contributed by atoms with Crippen molar-refractivity contribution in [3.05, 3.63) is 197 Å². The maximum absolute atomic E-state index is 10.1. The monoisotopic (exact) mass is 728 g/mol. The number of nitrogens with zero attached hydrogens (tertiary/aromatic N) is 4. The van der Waals surface area contributed by atoms with E-state index < -0.39 is 0 Å². The Morgan fingerprint density at radius 2 is 0.965 bits per heavy atom. The van der Waals surface area contributed by atoms with Crippen molar-refractivity contribution in [3.8, 4) is 50.8 Å². The van der Waals surface area contributed by atoms with Crippen LogP contribution in [0.2, 0.25) is 0 Å². The van der Waals surface area contributed by atoms with E-state index in [0.717, 1.165) is 93.9 Å². The van der Waals surface area contributed by atoms with Crippen molar-refractivity contribution >= 4 is 49.3 Å². The van der Waals surface area contributed by atoms with Crippen LogP contribution in [0.15, 0.2) is 164 Å². The van der Waals surface area contributed by atoms with Crippen LogP contribution in [0, 0.1) is 38.7 Å². The van der Waals surface area contributed by atoms with Crippen molar-refractivity contribution < 1.29 is 0 Å². The molecule has 57 heavy (non-hydrogen) atoms. The predicted octanol–water partition coefficient (Wildman–Crippen LogP) is 14.2. The van der Waals surface area contributed by atoms with Gasteiger partial charge in [-0.3, -0.25) is 0 Å². The van der Waals surface area contributed by atoms with Gasteiger partial charge in [0.2, 0.25) is 5.69 Å². The third kappa shape index (κ3) is 5.50. The summed E-state index contributed by atoms with van der Waals surface area (Å²) in [5.41, 5.74) is 16.4. The standard InChI is InChI=1S/C53H36N4/c1-33-13-17-37(18-14-33)39-21-23-45-43-9-5-7-11-47(43)56(50(45)30-39)49-26-25-42(41-28-35(3)27-36(29-41)32-54)53(52(49)55-4)57-48-12-8-6-10-44(48)46-24-22-40(31-51(46)57)38-19-15-34(2)16-20-38/h5-31H,1-3H3. The molecule has 0 saturated heterocycles. The van der Waals surface area contributed by atoms with Crippen molar-refractivity contribution in [3.63, 3.8) is 0 Å². The lowest BCUT2D eigenvalue weighted by Gasteiger charge is -2.21. The molecule has 0 amide bonds. The number of para-hydroxylation sites is 2. The van der Waals surface area contributed by atoms with Crippen LogP contribution >= 0.6 is 0 Å². The quantitative estimate of drug-likeness (QED) is 0.163. The molecule has 0 saturated carbocycles. The zero-order valence-corrected chi connectivity index (χ0v) is 31.9. The zero-order chi connectivity index (χ0) is 38.8. The molecule has 0 unspecified atom stereocenters. The van der Waals surface area contributed by atoms with E-state index in [1.54, 1.807) is 0 Å². The molecular formula is C53H36N4. The Morgan fingerprint density at radius 3 is 1.53 bits per heavy atom. The molecule has 0 spiro atoms. The number of fused-ring (bicyclic) bond motifs is 6. The summed E-state index contributed by atoms with van der Waals surface area (Å²) in [5, 5.41) is 14.6. The first-order valence-electron chi connectivity index (χ1n) is 19.2. The van der Waals surface area contributed by atoms with E-state index in [9.17, 15) is 5.26 Å². The minimum atomic E-state index is 0.527. The first kappa shape index (κ1) is 33.9. The highest BCUT2D eigenvalue weighted by Gasteiger charge is 2.25. The number of hydrogen-bond donors (Lipinski definition) is 0. The molecule has 0 aliphatic carbocycles. The molecule has 0 aliphatic rings. The average Bonchev–Trinajstić information content (AvgIpc) is 3.75. The van der Waals surface area contributed by atoms with Crippen molar-refractivity contribution in [2.24, 2.45) is 0 Å². The molecule has 4 heteroatoms. The van der Waals surface area contributed by atoms with Crippen molar-refractivity contribution in [1.29, 1.82) is 5.26 Å². The number of benzene rings is 8. The maximum atomic E-state index is 10.1. The smallest absolute Gasteiger partial charge is 0.234 e. The molecule has 0 aliphatic heterocycles. The fourth-order valence-electron chi connectivity index (χ4n) is 8.61. The van der Waals surface area contributed by atoms with Crippen molar-refractivity contribution in [1.82, 2.24) is 9.13 Å².